The van der Waals surface area contributed by atoms with Crippen molar-refractivity contribution in [3.05, 3.63) is 35.4 Å². The third kappa shape index (κ3) is 3.63. The molecule has 2 saturated heterocycles. The molecule has 0 aliphatic carbocycles. The number of alkyl halides is 1. The Balaban J connectivity index is 1.76. The number of piperidine rings is 1. The third-order valence-corrected chi connectivity index (χ3v) is 4.70. The first-order valence-electron chi connectivity index (χ1n) is 8.18. The maximum absolute atomic E-state index is 14.4. The average molecular weight is 356 g/mol. The van der Waals surface area contributed by atoms with Crippen LogP contribution in [0.3, 0.4) is 0 Å². The minimum atomic E-state index is -1.50. The van der Waals surface area contributed by atoms with Gasteiger partial charge in [0.15, 0.2) is 0 Å². The van der Waals surface area contributed by atoms with Crippen LogP contribution in [0.15, 0.2) is 18.2 Å². The summed E-state index contributed by atoms with van der Waals surface area (Å²) in [5, 5.41) is 1.04. The highest BCUT2D eigenvalue weighted by Crippen LogP contribution is 2.34. The molecule has 2 aliphatic rings. The largest absolute Gasteiger partial charge is 0.340 e. The molecule has 1 aromatic carbocycles. The molecule has 0 spiro atoms. The summed E-state index contributed by atoms with van der Waals surface area (Å²) in [6.45, 7) is 1.71. The second-order valence-corrected chi connectivity index (χ2v) is 6.38. The summed E-state index contributed by atoms with van der Waals surface area (Å²) in [4.78, 5) is 30.7. The number of carbonyl (C=O) groups is 2. The number of likely N-dealkylation sites (tertiary alicyclic amines) is 1. The number of carbonyl (C=O) groups excluding carboxylic acids is 2. The van der Waals surface area contributed by atoms with E-state index in [9.17, 15) is 22.8 Å². The highest BCUT2D eigenvalue weighted by atomic mass is 19.1. The van der Waals surface area contributed by atoms with Gasteiger partial charge in [-0.05, 0) is 24.1 Å². The molecule has 0 N–H and O–H groups in total. The molecule has 2 amide bonds. The molecule has 0 bridgehead atoms. The Morgan fingerprint density at radius 1 is 1.16 bits per heavy atom. The molecule has 3 rings (SSSR count). The van der Waals surface area contributed by atoms with Gasteiger partial charge in [-0.1, -0.05) is 0 Å². The number of hydrogen-bond donors (Lipinski definition) is 0. The van der Waals surface area contributed by atoms with E-state index in [1.54, 1.807) is 0 Å². The fourth-order valence-electron chi connectivity index (χ4n) is 3.39. The third-order valence-electron chi connectivity index (χ3n) is 4.70. The molecule has 3 atom stereocenters. The maximum Gasteiger partial charge on any atom is 0.252 e. The molecule has 136 valence electrons. The predicted octanol–water partition coefficient (Wildman–Crippen LogP) is 2.38. The SMILES string of the molecule is CC(=O)N1CC[C@@H](C(=O)N2OCCC2c2cc(F)cc(F)c2)[C@H](F)C1. The second-order valence-electron chi connectivity index (χ2n) is 6.38. The Hall–Kier alpha value is -2.09. The van der Waals surface area contributed by atoms with Crippen molar-refractivity contribution in [2.24, 2.45) is 5.92 Å². The van der Waals surface area contributed by atoms with E-state index in [4.69, 9.17) is 4.84 Å². The Morgan fingerprint density at radius 3 is 2.44 bits per heavy atom. The minimum Gasteiger partial charge on any atom is -0.340 e. The van der Waals surface area contributed by atoms with Gasteiger partial charge in [-0.25, -0.2) is 18.2 Å². The first-order chi connectivity index (χ1) is 11.9. The zero-order valence-corrected chi connectivity index (χ0v) is 13.8. The molecule has 0 saturated carbocycles. The van der Waals surface area contributed by atoms with E-state index in [1.165, 1.54) is 11.8 Å². The van der Waals surface area contributed by atoms with Gasteiger partial charge in [-0.3, -0.25) is 14.4 Å². The van der Waals surface area contributed by atoms with Crippen LogP contribution in [0.1, 0.15) is 31.4 Å². The molecule has 8 heteroatoms. The van der Waals surface area contributed by atoms with Crippen LogP contribution >= 0.6 is 0 Å². The van der Waals surface area contributed by atoms with Crippen molar-refractivity contribution in [3.63, 3.8) is 0 Å². The molecule has 5 nitrogen and oxygen atoms in total. The maximum atomic E-state index is 14.4. The number of hydrogen-bond acceptors (Lipinski definition) is 3. The summed E-state index contributed by atoms with van der Waals surface area (Å²) in [6.07, 6.45) is -0.944. The lowest BCUT2D eigenvalue weighted by atomic mass is 9.93. The lowest BCUT2D eigenvalue weighted by molar-refractivity contribution is -0.186. The number of benzene rings is 1. The Kier molecular flexibility index (Phi) is 4.99. The van der Waals surface area contributed by atoms with Crippen LogP contribution in [0.25, 0.3) is 0 Å². The van der Waals surface area contributed by atoms with Crippen molar-refractivity contribution in [2.45, 2.75) is 32.0 Å². The predicted molar refractivity (Wildman–Crippen MR) is 81.8 cm³/mol. The monoisotopic (exact) mass is 356 g/mol. The van der Waals surface area contributed by atoms with E-state index in [0.717, 1.165) is 23.3 Å². The summed E-state index contributed by atoms with van der Waals surface area (Å²) >= 11 is 0. The van der Waals surface area contributed by atoms with E-state index >= 15 is 0 Å². The zero-order chi connectivity index (χ0) is 18.1. The van der Waals surface area contributed by atoms with Crippen LogP contribution in [0.4, 0.5) is 13.2 Å². The number of nitrogens with zero attached hydrogens (tertiary/aromatic N) is 2. The van der Waals surface area contributed by atoms with Crippen molar-refractivity contribution in [1.29, 1.82) is 0 Å². The van der Waals surface area contributed by atoms with Gasteiger partial charge >= 0.3 is 0 Å². The van der Waals surface area contributed by atoms with E-state index in [0.29, 0.717) is 13.0 Å². The van der Waals surface area contributed by atoms with Gasteiger partial charge in [-0.2, -0.15) is 0 Å². The minimum absolute atomic E-state index is 0.140. The Morgan fingerprint density at radius 2 is 1.84 bits per heavy atom. The molecule has 0 aromatic heterocycles. The van der Waals surface area contributed by atoms with Crippen LogP contribution in [-0.4, -0.2) is 47.6 Å². The smallest absolute Gasteiger partial charge is 0.252 e. The van der Waals surface area contributed by atoms with Crippen molar-refractivity contribution in [1.82, 2.24) is 9.96 Å². The molecule has 25 heavy (non-hydrogen) atoms. The van der Waals surface area contributed by atoms with E-state index in [-0.39, 0.29) is 31.0 Å². The summed E-state index contributed by atoms with van der Waals surface area (Å²) in [5.41, 5.74) is 0.278. The summed E-state index contributed by atoms with van der Waals surface area (Å²) < 4.78 is 41.3. The number of amides is 2. The second kappa shape index (κ2) is 7.03. The molecule has 2 fully saturated rings. The van der Waals surface area contributed by atoms with Crippen LogP contribution in [0.5, 0.6) is 0 Å². The molecule has 0 radical (unpaired) electrons. The van der Waals surface area contributed by atoms with Crippen molar-refractivity contribution >= 4 is 11.8 Å². The topological polar surface area (TPSA) is 49.9 Å². The quantitative estimate of drug-likeness (QED) is 0.818. The first kappa shape index (κ1) is 17.7. The Bertz CT molecular complexity index is 665. The van der Waals surface area contributed by atoms with Crippen molar-refractivity contribution < 1.29 is 27.6 Å². The fourth-order valence-corrected chi connectivity index (χ4v) is 3.39. The van der Waals surface area contributed by atoms with Gasteiger partial charge in [0.2, 0.25) is 5.91 Å². The van der Waals surface area contributed by atoms with Gasteiger partial charge in [0.1, 0.15) is 17.8 Å². The molecule has 1 aromatic rings. The van der Waals surface area contributed by atoms with Crippen LogP contribution < -0.4 is 0 Å². The fraction of sp³-hybridized carbons (Fsp3) is 0.529. The Labute approximate surface area is 143 Å². The van der Waals surface area contributed by atoms with E-state index in [2.05, 4.69) is 0 Å². The lowest BCUT2D eigenvalue weighted by Gasteiger charge is -2.35. The highest BCUT2D eigenvalue weighted by molar-refractivity contribution is 5.80. The zero-order valence-electron chi connectivity index (χ0n) is 13.8. The van der Waals surface area contributed by atoms with Gasteiger partial charge in [-0.15, -0.1) is 0 Å². The van der Waals surface area contributed by atoms with Crippen molar-refractivity contribution in [3.8, 4) is 0 Å². The average Bonchev–Trinajstić information content (AvgIpc) is 3.02. The standard InChI is InChI=1S/C17H19F3N2O3/c1-10(23)21-4-2-14(15(20)9-21)17(24)22-16(3-5-25-22)11-6-12(18)8-13(19)7-11/h6-8,14-16H,2-5,9H2,1H3/t14-,15-,16?/m1/s1. The molecular formula is C17H19F3N2O3. The molecule has 2 aliphatic heterocycles. The van der Waals surface area contributed by atoms with E-state index in [1.807, 2.05) is 0 Å². The number of halogens is 3. The first-order valence-corrected chi connectivity index (χ1v) is 8.18. The van der Waals surface area contributed by atoms with Crippen LogP contribution in [-0.2, 0) is 14.4 Å². The van der Waals surface area contributed by atoms with Crippen molar-refractivity contribution in [2.75, 3.05) is 19.7 Å². The summed E-state index contributed by atoms with van der Waals surface area (Å²) in [5.74, 6) is -3.21. The van der Waals surface area contributed by atoms with Gasteiger partial charge < -0.3 is 4.90 Å². The van der Waals surface area contributed by atoms with Gasteiger partial charge in [0, 0.05) is 26.0 Å². The lowest BCUT2D eigenvalue weighted by Crippen LogP contribution is -2.49. The molecule has 1 unspecified atom stereocenters. The van der Waals surface area contributed by atoms with Crippen LogP contribution in [0.2, 0.25) is 0 Å². The summed E-state index contributed by atoms with van der Waals surface area (Å²) in [7, 11) is 0. The molecule has 2 heterocycles. The normalized spacial score (nSPS) is 26.8. The van der Waals surface area contributed by atoms with Gasteiger partial charge in [0.25, 0.3) is 5.91 Å². The van der Waals surface area contributed by atoms with Crippen LogP contribution in [0, 0.1) is 17.6 Å². The highest BCUT2D eigenvalue weighted by Gasteiger charge is 2.42. The molecular weight excluding hydrogens is 337 g/mol. The van der Waals surface area contributed by atoms with E-state index < -0.39 is 35.7 Å². The number of rotatable bonds is 2. The van der Waals surface area contributed by atoms with Gasteiger partial charge in [0.05, 0.1) is 25.1 Å². The number of hydroxylamine groups is 2. The summed E-state index contributed by atoms with van der Waals surface area (Å²) in [6, 6.07) is 2.39.